The van der Waals surface area contributed by atoms with E-state index in [1.54, 1.807) is 40.3 Å². The van der Waals surface area contributed by atoms with E-state index < -0.39 is 11.9 Å². The number of likely N-dealkylation sites (tertiary alicyclic amines) is 1. The fourth-order valence-corrected chi connectivity index (χ4v) is 4.76. The van der Waals surface area contributed by atoms with Crippen LogP contribution in [0.2, 0.25) is 0 Å². The molecule has 2 aliphatic heterocycles. The highest BCUT2D eigenvalue weighted by molar-refractivity contribution is 6.07. The number of aromatic nitrogens is 1. The van der Waals surface area contributed by atoms with E-state index in [1.165, 1.54) is 18.2 Å². The Labute approximate surface area is 178 Å². The Hall–Kier alpha value is -3.58. The van der Waals surface area contributed by atoms with Gasteiger partial charge in [0.25, 0.3) is 11.8 Å². The molecule has 3 atom stereocenters. The number of carbonyl (C=O) groups excluding carboxylic acids is 2. The molecular formula is C24H20FN3O3. The Kier molecular flexibility index (Phi) is 4.75. The number of aliphatic hydroxyl groups is 1. The lowest BCUT2D eigenvalue weighted by Crippen LogP contribution is -2.70. The van der Waals surface area contributed by atoms with Gasteiger partial charge in [-0.3, -0.25) is 14.6 Å². The molecule has 31 heavy (non-hydrogen) atoms. The van der Waals surface area contributed by atoms with Crippen LogP contribution in [0.15, 0.2) is 72.9 Å². The Morgan fingerprint density at radius 1 is 1.03 bits per heavy atom. The molecule has 0 radical (unpaired) electrons. The van der Waals surface area contributed by atoms with Crippen LogP contribution in [0.25, 0.3) is 0 Å². The van der Waals surface area contributed by atoms with E-state index in [0.29, 0.717) is 5.69 Å². The first kappa shape index (κ1) is 19.4. The average molecular weight is 417 g/mol. The van der Waals surface area contributed by atoms with Crippen molar-refractivity contribution in [3.8, 4) is 0 Å². The maximum Gasteiger partial charge on any atom is 0.273 e. The maximum absolute atomic E-state index is 13.7. The number of hydrogen-bond donors (Lipinski definition) is 1. The van der Waals surface area contributed by atoms with Gasteiger partial charge in [-0.15, -0.1) is 0 Å². The van der Waals surface area contributed by atoms with Crippen LogP contribution < -0.4 is 4.90 Å². The van der Waals surface area contributed by atoms with Crippen LogP contribution in [0.4, 0.5) is 10.1 Å². The molecule has 1 saturated heterocycles. The molecule has 0 saturated carbocycles. The summed E-state index contributed by atoms with van der Waals surface area (Å²) in [5.74, 6) is -1.18. The highest BCUT2D eigenvalue weighted by Crippen LogP contribution is 2.48. The number of para-hydroxylation sites is 1. The Morgan fingerprint density at radius 2 is 1.84 bits per heavy atom. The Bertz CT molecular complexity index is 1150. The summed E-state index contributed by atoms with van der Waals surface area (Å²) >= 11 is 0. The average Bonchev–Trinajstić information content (AvgIpc) is 2.79. The van der Waals surface area contributed by atoms with Crippen LogP contribution >= 0.6 is 0 Å². The number of aliphatic hydroxyl groups excluding tert-OH is 1. The molecule has 5 rings (SSSR count). The lowest BCUT2D eigenvalue weighted by Gasteiger charge is -2.58. The van der Waals surface area contributed by atoms with Crippen LogP contribution in [0.1, 0.15) is 32.3 Å². The molecule has 1 N–H and O–H groups in total. The zero-order valence-corrected chi connectivity index (χ0v) is 16.6. The molecule has 0 bridgehead atoms. The summed E-state index contributed by atoms with van der Waals surface area (Å²) in [7, 11) is 0. The van der Waals surface area contributed by atoms with Gasteiger partial charge in [0.1, 0.15) is 11.5 Å². The van der Waals surface area contributed by atoms with Crippen molar-refractivity contribution in [2.75, 3.05) is 18.1 Å². The van der Waals surface area contributed by atoms with Crippen LogP contribution in [-0.2, 0) is 0 Å². The number of halogens is 1. The molecule has 7 heteroatoms. The fraction of sp³-hybridized carbons (Fsp3) is 0.208. The predicted octanol–water partition coefficient (Wildman–Crippen LogP) is 2.85. The van der Waals surface area contributed by atoms with E-state index in [-0.39, 0.29) is 42.5 Å². The normalized spacial score (nSPS) is 21.7. The SMILES string of the molecule is O=C(c1cccc(F)c1)N1C[C@H]2[C@@H](c3ccccc31)[C@H](CO)N2C(=O)c1ccccn1. The molecule has 3 aromatic rings. The third kappa shape index (κ3) is 3.09. The van der Waals surface area contributed by atoms with E-state index in [2.05, 4.69) is 4.98 Å². The van der Waals surface area contributed by atoms with Gasteiger partial charge < -0.3 is 14.9 Å². The molecular weight excluding hydrogens is 397 g/mol. The Balaban J connectivity index is 1.54. The minimum atomic E-state index is -0.482. The summed E-state index contributed by atoms with van der Waals surface area (Å²) in [5, 5.41) is 10.1. The standard InChI is InChI=1S/C24H20FN3O3/c25-16-7-5-6-15(12-16)23(30)27-13-20-22(17-8-1-2-10-19(17)27)21(14-29)28(20)24(31)18-9-3-4-11-26-18/h1-12,20-22,29H,13-14H2/t20-,21-,22+/m0/s1. The van der Waals surface area contributed by atoms with Crippen LogP contribution in [0, 0.1) is 5.82 Å². The molecule has 1 fully saturated rings. The molecule has 0 aliphatic carbocycles. The number of rotatable bonds is 3. The van der Waals surface area contributed by atoms with Gasteiger partial charge in [0.05, 0.1) is 18.7 Å². The van der Waals surface area contributed by atoms with E-state index in [1.807, 2.05) is 24.3 Å². The van der Waals surface area contributed by atoms with Crippen LogP contribution in [0.5, 0.6) is 0 Å². The van der Waals surface area contributed by atoms with E-state index >= 15 is 0 Å². The van der Waals surface area contributed by atoms with Gasteiger partial charge in [0.15, 0.2) is 0 Å². The summed E-state index contributed by atoms with van der Waals surface area (Å²) < 4.78 is 13.7. The second-order valence-electron chi connectivity index (χ2n) is 7.76. The zero-order chi connectivity index (χ0) is 21.5. The largest absolute Gasteiger partial charge is 0.394 e. The number of nitrogens with zero attached hydrogens (tertiary/aromatic N) is 3. The number of anilines is 1. The van der Waals surface area contributed by atoms with Gasteiger partial charge in [-0.1, -0.05) is 30.3 Å². The van der Waals surface area contributed by atoms with Gasteiger partial charge in [0.2, 0.25) is 0 Å². The highest BCUT2D eigenvalue weighted by atomic mass is 19.1. The van der Waals surface area contributed by atoms with E-state index in [0.717, 1.165) is 11.3 Å². The number of amides is 2. The van der Waals surface area contributed by atoms with Crippen molar-refractivity contribution in [2.24, 2.45) is 0 Å². The Morgan fingerprint density at radius 3 is 2.58 bits per heavy atom. The van der Waals surface area contributed by atoms with Gasteiger partial charge in [-0.2, -0.15) is 0 Å². The first-order valence-electron chi connectivity index (χ1n) is 10.1. The van der Waals surface area contributed by atoms with Crippen molar-refractivity contribution in [3.63, 3.8) is 0 Å². The van der Waals surface area contributed by atoms with E-state index in [4.69, 9.17) is 0 Å². The molecule has 3 heterocycles. The molecule has 0 spiro atoms. The summed E-state index contributed by atoms with van der Waals surface area (Å²) in [6.07, 6.45) is 1.55. The third-order valence-electron chi connectivity index (χ3n) is 6.12. The first-order chi connectivity index (χ1) is 15.1. The lowest BCUT2D eigenvalue weighted by atomic mass is 9.71. The molecule has 156 valence electrons. The molecule has 2 aromatic carbocycles. The summed E-state index contributed by atoms with van der Waals surface area (Å²) in [4.78, 5) is 33.8. The predicted molar refractivity (Wildman–Crippen MR) is 112 cm³/mol. The smallest absolute Gasteiger partial charge is 0.273 e. The van der Waals surface area contributed by atoms with Crippen LogP contribution in [0.3, 0.4) is 0 Å². The molecule has 2 amide bonds. The van der Waals surface area contributed by atoms with E-state index in [9.17, 15) is 19.1 Å². The highest BCUT2D eigenvalue weighted by Gasteiger charge is 2.55. The van der Waals surface area contributed by atoms with Crippen molar-refractivity contribution in [1.29, 1.82) is 0 Å². The second kappa shape index (κ2) is 7.59. The van der Waals surface area contributed by atoms with Gasteiger partial charge in [0, 0.05) is 29.9 Å². The minimum Gasteiger partial charge on any atom is -0.394 e. The number of hydrogen-bond acceptors (Lipinski definition) is 4. The quantitative estimate of drug-likeness (QED) is 0.711. The molecule has 0 unspecified atom stereocenters. The summed E-state index contributed by atoms with van der Waals surface area (Å²) in [5.41, 5.74) is 2.16. The maximum atomic E-state index is 13.7. The zero-order valence-electron chi connectivity index (χ0n) is 16.6. The molecule has 2 aliphatic rings. The molecule has 1 aromatic heterocycles. The lowest BCUT2D eigenvalue weighted by molar-refractivity contribution is -0.0250. The monoisotopic (exact) mass is 417 g/mol. The van der Waals surface area contributed by atoms with Gasteiger partial charge in [-0.25, -0.2) is 4.39 Å². The summed E-state index contributed by atoms with van der Waals surface area (Å²) in [6, 6.07) is 17.5. The minimum absolute atomic E-state index is 0.0922. The third-order valence-corrected chi connectivity index (χ3v) is 6.12. The van der Waals surface area contributed by atoms with Gasteiger partial charge >= 0.3 is 0 Å². The topological polar surface area (TPSA) is 73.7 Å². The number of carbonyl (C=O) groups is 2. The van der Waals surface area contributed by atoms with Crippen molar-refractivity contribution in [3.05, 3.63) is 95.6 Å². The number of benzene rings is 2. The number of pyridine rings is 1. The molecule has 6 nitrogen and oxygen atoms in total. The van der Waals surface area contributed by atoms with Gasteiger partial charge in [-0.05, 0) is 42.0 Å². The second-order valence-corrected chi connectivity index (χ2v) is 7.76. The van der Waals surface area contributed by atoms with Crippen molar-refractivity contribution in [2.45, 2.75) is 18.0 Å². The summed E-state index contributed by atoms with van der Waals surface area (Å²) in [6.45, 7) is 0.0675. The van der Waals surface area contributed by atoms with Crippen molar-refractivity contribution < 1.29 is 19.1 Å². The van der Waals surface area contributed by atoms with Crippen molar-refractivity contribution >= 4 is 17.5 Å². The first-order valence-corrected chi connectivity index (χ1v) is 10.1. The fourth-order valence-electron chi connectivity index (χ4n) is 4.76. The van der Waals surface area contributed by atoms with Crippen LogP contribution in [-0.4, -0.2) is 52.0 Å². The number of fused-ring (bicyclic) bond motifs is 3. The van der Waals surface area contributed by atoms with Crippen molar-refractivity contribution in [1.82, 2.24) is 9.88 Å².